The Labute approximate surface area is 88.2 Å². The van der Waals surface area contributed by atoms with Gasteiger partial charge >= 0.3 is 0 Å². The van der Waals surface area contributed by atoms with Crippen molar-refractivity contribution in [1.29, 1.82) is 0 Å². The second kappa shape index (κ2) is 7.21. The van der Waals surface area contributed by atoms with Crippen molar-refractivity contribution in [3.05, 3.63) is 0 Å². The van der Waals surface area contributed by atoms with Gasteiger partial charge in [0.15, 0.2) is 0 Å². The lowest BCUT2D eigenvalue weighted by Crippen LogP contribution is -2.42. The highest BCUT2D eigenvalue weighted by atomic mass is 16.5. The third-order valence-electron chi connectivity index (χ3n) is 2.25. The molecule has 0 fully saturated rings. The maximum Gasteiger partial charge on any atom is 0.0701 e. The van der Waals surface area contributed by atoms with Crippen molar-refractivity contribution in [3.8, 4) is 0 Å². The Morgan fingerprint density at radius 2 is 1.71 bits per heavy atom. The van der Waals surface area contributed by atoms with Crippen molar-refractivity contribution in [2.45, 2.75) is 33.7 Å². The standard InChI is InChI=1S/C11H25NO2/c1-6-13-7-8-14-9-10(12-5)11(2,3)4/h10,12H,6-9H2,1-5H3. The van der Waals surface area contributed by atoms with E-state index < -0.39 is 0 Å². The average Bonchev–Trinajstić information content (AvgIpc) is 2.09. The maximum atomic E-state index is 5.53. The first-order valence-electron chi connectivity index (χ1n) is 5.35. The molecule has 3 nitrogen and oxygen atoms in total. The second-order valence-corrected chi connectivity index (χ2v) is 4.48. The highest BCUT2D eigenvalue weighted by molar-refractivity contribution is 4.78. The fourth-order valence-electron chi connectivity index (χ4n) is 1.23. The van der Waals surface area contributed by atoms with Crippen molar-refractivity contribution in [1.82, 2.24) is 5.32 Å². The number of nitrogens with one attached hydrogen (secondary N) is 1. The number of hydrogen-bond donors (Lipinski definition) is 1. The normalized spacial score (nSPS) is 14.4. The van der Waals surface area contributed by atoms with Gasteiger partial charge in [-0.25, -0.2) is 0 Å². The van der Waals surface area contributed by atoms with E-state index >= 15 is 0 Å². The van der Waals surface area contributed by atoms with E-state index in [1.807, 2.05) is 14.0 Å². The summed E-state index contributed by atoms with van der Waals surface area (Å²) in [6.07, 6.45) is 0. The van der Waals surface area contributed by atoms with E-state index in [1.165, 1.54) is 0 Å². The Morgan fingerprint density at radius 3 is 2.14 bits per heavy atom. The molecule has 1 N–H and O–H groups in total. The molecule has 14 heavy (non-hydrogen) atoms. The zero-order chi connectivity index (χ0) is 11.0. The predicted molar refractivity (Wildman–Crippen MR) is 59.6 cm³/mol. The molecule has 3 heteroatoms. The molecule has 0 rings (SSSR count). The van der Waals surface area contributed by atoms with Crippen LogP contribution in [-0.4, -0.2) is 39.5 Å². The Balaban J connectivity index is 3.54. The molecule has 0 saturated carbocycles. The molecule has 0 amide bonds. The van der Waals surface area contributed by atoms with E-state index in [0.717, 1.165) is 13.2 Å². The number of ether oxygens (including phenoxy) is 2. The number of rotatable bonds is 7. The quantitative estimate of drug-likeness (QED) is 0.639. The summed E-state index contributed by atoms with van der Waals surface area (Å²) in [7, 11) is 1.97. The largest absolute Gasteiger partial charge is 0.379 e. The lowest BCUT2D eigenvalue weighted by Gasteiger charge is -2.30. The fraction of sp³-hybridized carbons (Fsp3) is 1.00. The van der Waals surface area contributed by atoms with Crippen LogP contribution in [0.4, 0.5) is 0 Å². The summed E-state index contributed by atoms with van der Waals surface area (Å²) in [5, 5.41) is 3.27. The van der Waals surface area contributed by atoms with Crippen LogP contribution in [0.25, 0.3) is 0 Å². The van der Waals surface area contributed by atoms with E-state index in [9.17, 15) is 0 Å². The number of likely N-dealkylation sites (N-methyl/N-ethyl adjacent to an activating group) is 1. The third kappa shape index (κ3) is 6.35. The van der Waals surface area contributed by atoms with Gasteiger partial charge in [-0.1, -0.05) is 20.8 Å². The Bertz CT molecular complexity index is 132. The lowest BCUT2D eigenvalue weighted by molar-refractivity contribution is 0.0295. The van der Waals surface area contributed by atoms with Gasteiger partial charge in [-0.3, -0.25) is 0 Å². The molecule has 0 heterocycles. The predicted octanol–water partition coefficient (Wildman–Crippen LogP) is 1.67. The van der Waals surface area contributed by atoms with E-state index in [4.69, 9.17) is 9.47 Å². The molecule has 0 aromatic rings. The van der Waals surface area contributed by atoms with Crippen LogP contribution in [0.15, 0.2) is 0 Å². The van der Waals surface area contributed by atoms with Crippen LogP contribution in [0, 0.1) is 5.41 Å². The minimum Gasteiger partial charge on any atom is -0.379 e. The topological polar surface area (TPSA) is 30.5 Å². The highest BCUT2D eigenvalue weighted by Crippen LogP contribution is 2.18. The minimum absolute atomic E-state index is 0.236. The van der Waals surface area contributed by atoms with Gasteiger partial charge in [0, 0.05) is 12.6 Å². The van der Waals surface area contributed by atoms with Gasteiger partial charge in [-0.2, -0.15) is 0 Å². The lowest BCUT2D eigenvalue weighted by atomic mass is 9.87. The molecule has 0 aliphatic heterocycles. The van der Waals surface area contributed by atoms with Crippen molar-refractivity contribution in [2.24, 2.45) is 5.41 Å². The van der Waals surface area contributed by atoms with Crippen molar-refractivity contribution >= 4 is 0 Å². The first kappa shape index (κ1) is 13.9. The second-order valence-electron chi connectivity index (χ2n) is 4.48. The maximum absolute atomic E-state index is 5.53. The van der Waals surface area contributed by atoms with Crippen molar-refractivity contribution < 1.29 is 9.47 Å². The fourth-order valence-corrected chi connectivity index (χ4v) is 1.23. The van der Waals surface area contributed by atoms with Crippen molar-refractivity contribution in [3.63, 3.8) is 0 Å². The Hall–Kier alpha value is -0.120. The number of hydrogen-bond acceptors (Lipinski definition) is 3. The Kier molecular flexibility index (Phi) is 7.15. The zero-order valence-corrected chi connectivity index (χ0v) is 10.2. The Morgan fingerprint density at radius 1 is 1.14 bits per heavy atom. The summed E-state index contributed by atoms with van der Waals surface area (Å²) < 4.78 is 10.7. The van der Waals surface area contributed by atoms with Gasteiger partial charge in [-0.15, -0.1) is 0 Å². The van der Waals surface area contributed by atoms with Crippen LogP contribution in [0.2, 0.25) is 0 Å². The first-order chi connectivity index (χ1) is 6.52. The van der Waals surface area contributed by atoms with Crippen molar-refractivity contribution in [2.75, 3.05) is 33.5 Å². The molecule has 0 bridgehead atoms. The molecular weight excluding hydrogens is 178 g/mol. The van der Waals surface area contributed by atoms with Gasteiger partial charge in [0.25, 0.3) is 0 Å². The smallest absolute Gasteiger partial charge is 0.0701 e. The monoisotopic (exact) mass is 203 g/mol. The SMILES string of the molecule is CCOCCOCC(NC)C(C)(C)C. The van der Waals surface area contributed by atoms with Gasteiger partial charge in [0.2, 0.25) is 0 Å². The van der Waals surface area contributed by atoms with Gasteiger partial charge < -0.3 is 14.8 Å². The molecule has 0 aliphatic carbocycles. The van der Waals surface area contributed by atoms with Crippen LogP contribution in [0.5, 0.6) is 0 Å². The molecular formula is C11H25NO2. The molecule has 1 unspecified atom stereocenters. The molecule has 0 aromatic heterocycles. The van der Waals surface area contributed by atoms with Crippen LogP contribution < -0.4 is 5.32 Å². The zero-order valence-electron chi connectivity index (χ0n) is 10.2. The molecule has 0 radical (unpaired) electrons. The van der Waals surface area contributed by atoms with Gasteiger partial charge in [0.05, 0.1) is 19.8 Å². The van der Waals surface area contributed by atoms with Gasteiger partial charge in [-0.05, 0) is 19.4 Å². The highest BCUT2D eigenvalue weighted by Gasteiger charge is 2.22. The summed E-state index contributed by atoms with van der Waals surface area (Å²) in [5.41, 5.74) is 0.236. The third-order valence-corrected chi connectivity index (χ3v) is 2.25. The van der Waals surface area contributed by atoms with Crippen LogP contribution >= 0.6 is 0 Å². The molecule has 0 spiro atoms. The van der Waals surface area contributed by atoms with Crippen LogP contribution in [0.1, 0.15) is 27.7 Å². The first-order valence-corrected chi connectivity index (χ1v) is 5.35. The van der Waals surface area contributed by atoms with E-state index in [2.05, 4.69) is 26.1 Å². The summed E-state index contributed by atoms with van der Waals surface area (Å²) in [5.74, 6) is 0. The average molecular weight is 203 g/mol. The minimum atomic E-state index is 0.236. The van der Waals surface area contributed by atoms with Crippen LogP contribution in [0.3, 0.4) is 0 Å². The molecule has 0 saturated heterocycles. The summed E-state index contributed by atoms with van der Waals surface area (Å²) in [6, 6.07) is 0.393. The molecule has 0 aromatic carbocycles. The molecule has 0 aliphatic rings. The van der Waals surface area contributed by atoms with E-state index in [0.29, 0.717) is 19.3 Å². The molecule has 86 valence electrons. The van der Waals surface area contributed by atoms with E-state index in [-0.39, 0.29) is 5.41 Å². The van der Waals surface area contributed by atoms with Crippen LogP contribution in [-0.2, 0) is 9.47 Å². The van der Waals surface area contributed by atoms with Gasteiger partial charge in [0.1, 0.15) is 0 Å². The molecule has 1 atom stereocenters. The van der Waals surface area contributed by atoms with E-state index in [1.54, 1.807) is 0 Å². The summed E-state index contributed by atoms with van der Waals surface area (Å²) in [6.45, 7) is 11.5. The summed E-state index contributed by atoms with van der Waals surface area (Å²) >= 11 is 0. The summed E-state index contributed by atoms with van der Waals surface area (Å²) in [4.78, 5) is 0.